The highest BCUT2D eigenvalue weighted by molar-refractivity contribution is 5.51. The monoisotopic (exact) mass is 310 g/mol. The van der Waals surface area contributed by atoms with E-state index in [4.69, 9.17) is 0 Å². The third kappa shape index (κ3) is 5.01. The van der Waals surface area contributed by atoms with Gasteiger partial charge in [-0.2, -0.15) is 0 Å². The number of carbonyl (C=O) groups is 1. The molecular weight excluding hydrogens is 276 g/mol. The lowest BCUT2D eigenvalue weighted by molar-refractivity contribution is -0.109. The van der Waals surface area contributed by atoms with Crippen molar-refractivity contribution < 1.29 is 4.79 Å². The van der Waals surface area contributed by atoms with Crippen LogP contribution >= 0.6 is 0 Å². The van der Waals surface area contributed by atoms with Gasteiger partial charge in [-0.3, -0.25) is 9.80 Å². The lowest BCUT2D eigenvalue weighted by Crippen LogP contribution is -2.61. The van der Waals surface area contributed by atoms with Gasteiger partial charge in [0, 0.05) is 45.3 Å². The fourth-order valence-electron chi connectivity index (χ4n) is 3.59. The molecule has 0 aromatic heterocycles. The molecular formula is C17H34N4O. The van der Waals surface area contributed by atoms with Gasteiger partial charge in [0.2, 0.25) is 0 Å². The zero-order valence-electron chi connectivity index (χ0n) is 14.7. The molecule has 3 rings (SSSR count). The highest BCUT2D eigenvalue weighted by atomic mass is 16.1. The van der Waals surface area contributed by atoms with E-state index in [0.29, 0.717) is 6.54 Å². The molecule has 3 aliphatic rings. The zero-order valence-corrected chi connectivity index (χ0v) is 14.7. The molecule has 0 aliphatic carbocycles. The van der Waals surface area contributed by atoms with Crippen LogP contribution in [0.15, 0.2) is 0 Å². The van der Waals surface area contributed by atoms with E-state index in [1.54, 1.807) is 0 Å². The summed E-state index contributed by atoms with van der Waals surface area (Å²) in [6, 6.07) is 0.755. The summed E-state index contributed by atoms with van der Waals surface area (Å²) in [5.74, 6) is 0. The van der Waals surface area contributed by atoms with Crippen LogP contribution in [0, 0.1) is 5.41 Å². The minimum atomic E-state index is 0.599. The lowest BCUT2D eigenvalue weighted by Gasteiger charge is -2.55. The Balaban J connectivity index is 0.000000172. The van der Waals surface area contributed by atoms with Crippen LogP contribution in [0.5, 0.6) is 0 Å². The maximum atomic E-state index is 10.0. The van der Waals surface area contributed by atoms with Crippen LogP contribution in [0.2, 0.25) is 0 Å². The second kappa shape index (κ2) is 8.39. The predicted octanol–water partition coefficient (Wildman–Crippen LogP) is 0.513. The van der Waals surface area contributed by atoms with Gasteiger partial charge < -0.3 is 15.0 Å². The minimum Gasteiger partial charge on any atom is -0.314 e. The molecule has 0 aromatic carbocycles. The fourth-order valence-corrected chi connectivity index (χ4v) is 3.59. The van der Waals surface area contributed by atoms with Crippen molar-refractivity contribution >= 4 is 6.29 Å². The third-order valence-electron chi connectivity index (χ3n) is 5.40. The Kier molecular flexibility index (Phi) is 6.81. The molecule has 0 radical (unpaired) electrons. The Morgan fingerprint density at radius 1 is 1.09 bits per heavy atom. The first-order valence-corrected chi connectivity index (χ1v) is 8.84. The second-order valence-electron chi connectivity index (χ2n) is 7.52. The normalized spacial score (nSPS) is 26.4. The van der Waals surface area contributed by atoms with E-state index in [9.17, 15) is 4.79 Å². The van der Waals surface area contributed by atoms with Crippen molar-refractivity contribution in [1.82, 2.24) is 20.0 Å². The Hall–Kier alpha value is -0.490. The van der Waals surface area contributed by atoms with Gasteiger partial charge in [-0.15, -0.1) is 0 Å². The predicted molar refractivity (Wildman–Crippen MR) is 91.2 cm³/mol. The van der Waals surface area contributed by atoms with Gasteiger partial charge in [-0.05, 0) is 52.2 Å². The van der Waals surface area contributed by atoms with Gasteiger partial charge in [0.15, 0.2) is 0 Å². The summed E-state index contributed by atoms with van der Waals surface area (Å²) in [6.07, 6.45) is 3.81. The van der Waals surface area contributed by atoms with E-state index >= 15 is 0 Å². The van der Waals surface area contributed by atoms with Crippen LogP contribution in [0.25, 0.3) is 0 Å². The van der Waals surface area contributed by atoms with E-state index in [1.807, 2.05) is 0 Å². The lowest BCUT2D eigenvalue weighted by atomic mass is 9.71. The number of piperazine rings is 1. The minimum absolute atomic E-state index is 0.599. The first-order chi connectivity index (χ1) is 10.5. The highest BCUT2D eigenvalue weighted by Crippen LogP contribution is 2.40. The van der Waals surface area contributed by atoms with Crippen molar-refractivity contribution in [3.8, 4) is 0 Å². The summed E-state index contributed by atoms with van der Waals surface area (Å²) in [6.45, 7) is 14.6. The van der Waals surface area contributed by atoms with Crippen LogP contribution in [0.3, 0.4) is 0 Å². The molecule has 3 aliphatic heterocycles. The number of aldehydes is 1. The van der Waals surface area contributed by atoms with Gasteiger partial charge in [0.05, 0.1) is 6.54 Å². The summed E-state index contributed by atoms with van der Waals surface area (Å²) in [5, 5.41) is 3.22. The summed E-state index contributed by atoms with van der Waals surface area (Å²) >= 11 is 0. The Morgan fingerprint density at radius 3 is 2.18 bits per heavy atom. The molecule has 22 heavy (non-hydrogen) atoms. The average Bonchev–Trinajstić information content (AvgIpc) is 2.48. The van der Waals surface area contributed by atoms with Crippen LogP contribution in [0.4, 0.5) is 0 Å². The number of nitrogens with zero attached hydrogens (tertiary/aromatic N) is 3. The molecule has 1 spiro atoms. The van der Waals surface area contributed by atoms with Crippen LogP contribution in [0.1, 0.15) is 26.7 Å². The van der Waals surface area contributed by atoms with Crippen molar-refractivity contribution in [1.29, 1.82) is 0 Å². The van der Waals surface area contributed by atoms with Crippen LogP contribution < -0.4 is 5.32 Å². The summed E-state index contributed by atoms with van der Waals surface area (Å²) in [5.41, 5.74) is 0.719. The van der Waals surface area contributed by atoms with Crippen molar-refractivity contribution in [3.05, 3.63) is 0 Å². The molecule has 3 saturated heterocycles. The largest absolute Gasteiger partial charge is 0.314 e. The molecule has 0 saturated carbocycles. The number of carbonyl (C=O) groups excluding carboxylic acids is 1. The first kappa shape index (κ1) is 17.9. The maximum absolute atomic E-state index is 10.0. The van der Waals surface area contributed by atoms with Gasteiger partial charge in [0.1, 0.15) is 6.29 Å². The molecule has 0 bridgehead atoms. The van der Waals surface area contributed by atoms with Gasteiger partial charge >= 0.3 is 0 Å². The topological polar surface area (TPSA) is 38.8 Å². The molecule has 128 valence electrons. The number of hydrogen-bond acceptors (Lipinski definition) is 5. The van der Waals surface area contributed by atoms with E-state index < -0.39 is 0 Å². The first-order valence-electron chi connectivity index (χ1n) is 8.84. The smallest absolute Gasteiger partial charge is 0.133 e. The molecule has 0 atom stereocenters. The van der Waals surface area contributed by atoms with E-state index in [1.165, 1.54) is 39.0 Å². The maximum Gasteiger partial charge on any atom is 0.133 e. The number of rotatable bonds is 3. The molecule has 0 unspecified atom stereocenters. The van der Waals surface area contributed by atoms with Crippen molar-refractivity contribution in [2.24, 2.45) is 5.41 Å². The molecule has 0 amide bonds. The van der Waals surface area contributed by atoms with Crippen molar-refractivity contribution in [2.45, 2.75) is 32.7 Å². The average molecular weight is 310 g/mol. The van der Waals surface area contributed by atoms with Crippen molar-refractivity contribution in [2.75, 3.05) is 66.0 Å². The highest BCUT2D eigenvalue weighted by Gasteiger charge is 2.44. The molecule has 0 aromatic rings. The molecule has 5 nitrogen and oxygen atoms in total. The number of nitrogens with one attached hydrogen (secondary N) is 1. The molecule has 1 N–H and O–H groups in total. The SMILES string of the molecule is CC(C)N1CC2(CCN(C)CC2)C1.O=CCN1CCNCC1. The quantitative estimate of drug-likeness (QED) is 0.769. The van der Waals surface area contributed by atoms with E-state index in [-0.39, 0.29) is 0 Å². The summed E-state index contributed by atoms with van der Waals surface area (Å²) in [7, 11) is 2.24. The standard InChI is InChI=1S/C11H22N2.C6H12N2O/c1-10(2)13-8-11(9-13)4-6-12(3)7-5-11;9-6-5-8-3-1-7-2-4-8/h10H,4-9H2,1-3H3;6-7H,1-5H2. The van der Waals surface area contributed by atoms with Gasteiger partial charge in [-0.25, -0.2) is 0 Å². The van der Waals surface area contributed by atoms with Gasteiger partial charge in [-0.1, -0.05) is 0 Å². The van der Waals surface area contributed by atoms with Gasteiger partial charge in [0.25, 0.3) is 0 Å². The number of hydrogen-bond donors (Lipinski definition) is 1. The van der Waals surface area contributed by atoms with E-state index in [0.717, 1.165) is 43.9 Å². The molecule has 3 heterocycles. The Labute approximate surface area is 136 Å². The molecule has 5 heteroatoms. The fraction of sp³-hybridized carbons (Fsp3) is 0.941. The number of piperidine rings is 1. The summed E-state index contributed by atoms with van der Waals surface area (Å²) < 4.78 is 0. The number of likely N-dealkylation sites (tertiary alicyclic amines) is 2. The van der Waals surface area contributed by atoms with Crippen LogP contribution in [-0.4, -0.2) is 93.0 Å². The van der Waals surface area contributed by atoms with Crippen molar-refractivity contribution in [3.63, 3.8) is 0 Å². The summed E-state index contributed by atoms with van der Waals surface area (Å²) in [4.78, 5) is 17.2. The Bertz CT molecular complexity index is 326. The van der Waals surface area contributed by atoms with Crippen LogP contribution in [-0.2, 0) is 4.79 Å². The van der Waals surface area contributed by atoms with E-state index in [2.05, 4.69) is 40.9 Å². The molecule has 3 fully saturated rings. The Morgan fingerprint density at radius 2 is 1.68 bits per heavy atom. The second-order valence-corrected chi connectivity index (χ2v) is 7.52. The third-order valence-corrected chi connectivity index (χ3v) is 5.40. The zero-order chi connectivity index (χ0) is 16.0.